The van der Waals surface area contributed by atoms with Gasteiger partial charge in [0.1, 0.15) is 23.4 Å². The van der Waals surface area contributed by atoms with E-state index < -0.39 is 0 Å². The molecule has 0 spiro atoms. The first-order valence-corrected chi connectivity index (χ1v) is 9.18. The molecule has 148 valence electrons. The Bertz CT molecular complexity index is 1080. The molecule has 0 unspecified atom stereocenters. The van der Waals surface area contributed by atoms with E-state index in [0.29, 0.717) is 22.7 Å². The van der Waals surface area contributed by atoms with Crippen molar-refractivity contribution in [3.05, 3.63) is 59.1 Å². The molecule has 0 aromatic carbocycles. The van der Waals surface area contributed by atoms with Crippen LogP contribution in [0.25, 0.3) is 17.3 Å². The zero-order chi connectivity index (χ0) is 20.4. The van der Waals surface area contributed by atoms with Crippen LogP contribution in [0.4, 0.5) is 0 Å². The molecule has 3 aromatic rings. The summed E-state index contributed by atoms with van der Waals surface area (Å²) in [6.45, 7) is 2.90. The lowest BCUT2D eigenvalue weighted by Gasteiger charge is -2.10. The number of aryl methyl sites for hydroxylation is 1. The number of likely N-dealkylation sites (N-methyl/N-ethyl adjacent to an activating group) is 1. The smallest absolute Gasteiger partial charge is 0.273 e. The van der Waals surface area contributed by atoms with Gasteiger partial charge in [0.25, 0.3) is 5.91 Å². The monoisotopic (exact) mass is 391 g/mol. The van der Waals surface area contributed by atoms with Crippen molar-refractivity contribution in [1.82, 2.24) is 30.4 Å². The number of H-pyrrole nitrogens is 1. The lowest BCUT2D eigenvalue weighted by molar-refractivity contribution is -0.116. The fourth-order valence-corrected chi connectivity index (χ4v) is 3.31. The normalized spacial score (nSPS) is 15.2. The third kappa shape index (κ3) is 3.72. The van der Waals surface area contributed by atoms with Crippen molar-refractivity contribution in [2.45, 2.75) is 13.3 Å². The number of rotatable bonds is 6. The molecule has 0 fully saturated rings. The number of amides is 1. The van der Waals surface area contributed by atoms with Crippen molar-refractivity contribution in [2.75, 3.05) is 20.6 Å². The minimum Gasteiger partial charge on any atom is -0.364 e. The predicted octanol–water partition coefficient (Wildman–Crippen LogP) is 1.79. The maximum absolute atomic E-state index is 12.5. The Morgan fingerprint density at radius 3 is 2.79 bits per heavy atom. The molecule has 1 aliphatic rings. The molecule has 0 aliphatic carbocycles. The Balaban J connectivity index is 1.81. The van der Waals surface area contributed by atoms with E-state index in [9.17, 15) is 4.79 Å². The summed E-state index contributed by atoms with van der Waals surface area (Å²) in [5.74, 6) is -0.293. The Labute approximate surface area is 167 Å². The summed E-state index contributed by atoms with van der Waals surface area (Å²) in [6.07, 6.45) is 8.87. The number of nitrogens with zero attached hydrogens (tertiary/aromatic N) is 5. The molecular weight excluding hydrogens is 370 g/mol. The number of carbonyl (C=O) groups is 1. The number of aromatic amines is 1. The van der Waals surface area contributed by atoms with Crippen LogP contribution in [0.1, 0.15) is 22.6 Å². The van der Waals surface area contributed by atoms with Crippen LogP contribution in [-0.2, 0) is 11.2 Å². The molecule has 1 aliphatic heterocycles. The number of hydrazone groups is 1. The molecular formula is C20H21N7O2. The maximum Gasteiger partial charge on any atom is 0.273 e. The van der Waals surface area contributed by atoms with Crippen LogP contribution in [-0.4, -0.2) is 57.3 Å². The molecule has 2 N–H and O–H groups in total. The molecule has 0 radical (unpaired) electrons. The molecule has 4 heterocycles. The van der Waals surface area contributed by atoms with Gasteiger partial charge in [-0.25, -0.2) is 5.43 Å². The topological polar surface area (TPSA) is 112 Å². The van der Waals surface area contributed by atoms with Gasteiger partial charge in [-0.05, 0) is 39.1 Å². The standard InChI is InChI=1S/C20H21N7O2/c1-12-13(4-8-27(2)3)18(15-5-9-29-26-15)16(23-12)10-14-19(24-25-20(14)28)17-11-21-6-7-22-17/h5-7,9-11,23H,4,8H2,1-3H3,(H,25,28)/b14-10+. The number of carbonyl (C=O) groups excluding carboxylic acids is 1. The first kappa shape index (κ1) is 18.8. The number of aromatic nitrogens is 4. The Morgan fingerprint density at radius 2 is 2.10 bits per heavy atom. The van der Waals surface area contributed by atoms with Gasteiger partial charge in [-0.3, -0.25) is 14.8 Å². The van der Waals surface area contributed by atoms with Crippen LogP contribution in [0, 0.1) is 6.92 Å². The fraction of sp³-hybridized carbons (Fsp3) is 0.250. The molecule has 9 nitrogen and oxygen atoms in total. The largest absolute Gasteiger partial charge is 0.364 e. The zero-order valence-electron chi connectivity index (χ0n) is 16.4. The summed E-state index contributed by atoms with van der Waals surface area (Å²) >= 11 is 0. The highest BCUT2D eigenvalue weighted by atomic mass is 16.5. The van der Waals surface area contributed by atoms with Gasteiger partial charge in [-0.15, -0.1) is 0 Å². The van der Waals surface area contributed by atoms with E-state index in [1.54, 1.807) is 30.9 Å². The Hall–Kier alpha value is -3.59. The van der Waals surface area contributed by atoms with Crippen molar-refractivity contribution >= 4 is 17.7 Å². The van der Waals surface area contributed by atoms with Crippen molar-refractivity contribution in [2.24, 2.45) is 5.10 Å². The summed E-state index contributed by atoms with van der Waals surface area (Å²) in [5, 5.41) is 8.27. The van der Waals surface area contributed by atoms with E-state index in [0.717, 1.165) is 35.5 Å². The zero-order valence-corrected chi connectivity index (χ0v) is 16.4. The van der Waals surface area contributed by atoms with Crippen LogP contribution in [0.3, 0.4) is 0 Å². The van der Waals surface area contributed by atoms with E-state index >= 15 is 0 Å². The van der Waals surface area contributed by atoms with Crippen LogP contribution in [0.15, 0.2) is 46.1 Å². The van der Waals surface area contributed by atoms with Gasteiger partial charge in [0.05, 0.1) is 11.8 Å². The number of nitrogens with one attached hydrogen (secondary N) is 2. The van der Waals surface area contributed by atoms with E-state index in [1.807, 2.05) is 27.1 Å². The minimum absolute atomic E-state index is 0.293. The molecule has 9 heteroatoms. The third-order valence-corrected chi connectivity index (χ3v) is 4.71. The molecule has 0 saturated carbocycles. The van der Waals surface area contributed by atoms with Crippen molar-refractivity contribution in [3.63, 3.8) is 0 Å². The Kier molecular flexibility index (Phi) is 5.05. The SMILES string of the molecule is Cc1[nH]c(/C=C2/C(=O)NN=C2c2cnccn2)c(-c2ccon2)c1CCN(C)C. The van der Waals surface area contributed by atoms with Crippen molar-refractivity contribution in [3.8, 4) is 11.3 Å². The Morgan fingerprint density at radius 1 is 1.24 bits per heavy atom. The molecule has 0 bridgehead atoms. The molecule has 29 heavy (non-hydrogen) atoms. The minimum atomic E-state index is -0.293. The summed E-state index contributed by atoms with van der Waals surface area (Å²) in [6, 6.07) is 1.82. The summed E-state index contributed by atoms with van der Waals surface area (Å²) in [7, 11) is 4.07. The van der Waals surface area contributed by atoms with E-state index in [1.165, 1.54) is 0 Å². The van der Waals surface area contributed by atoms with Crippen LogP contribution < -0.4 is 5.43 Å². The number of hydrogen-bond acceptors (Lipinski definition) is 7. The average Bonchev–Trinajstić information content (AvgIpc) is 3.42. The molecule has 0 saturated heterocycles. The van der Waals surface area contributed by atoms with E-state index in [-0.39, 0.29) is 5.91 Å². The van der Waals surface area contributed by atoms with Gasteiger partial charge in [-0.2, -0.15) is 5.10 Å². The highest BCUT2D eigenvalue weighted by Crippen LogP contribution is 2.32. The lowest BCUT2D eigenvalue weighted by Crippen LogP contribution is -2.15. The average molecular weight is 391 g/mol. The van der Waals surface area contributed by atoms with Crippen molar-refractivity contribution in [1.29, 1.82) is 0 Å². The first-order chi connectivity index (χ1) is 14.0. The second-order valence-corrected chi connectivity index (χ2v) is 7.01. The summed E-state index contributed by atoms with van der Waals surface area (Å²) in [4.78, 5) is 26.3. The fourth-order valence-electron chi connectivity index (χ4n) is 3.31. The molecule has 3 aromatic heterocycles. The highest BCUT2D eigenvalue weighted by Gasteiger charge is 2.27. The van der Waals surface area contributed by atoms with Gasteiger partial charge in [0.2, 0.25) is 0 Å². The van der Waals surface area contributed by atoms with Crippen LogP contribution >= 0.6 is 0 Å². The molecule has 4 rings (SSSR count). The number of hydrogen-bond donors (Lipinski definition) is 2. The highest BCUT2D eigenvalue weighted by molar-refractivity contribution is 6.32. The first-order valence-electron chi connectivity index (χ1n) is 9.18. The van der Waals surface area contributed by atoms with Crippen LogP contribution in [0.5, 0.6) is 0 Å². The quantitative estimate of drug-likeness (QED) is 0.620. The third-order valence-electron chi connectivity index (χ3n) is 4.71. The second-order valence-electron chi connectivity index (χ2n) is 7.01. The van der Waals surface area contributed by atoms with Crippen molar-refractivity contribution < 1.29 is 9.32 Å². The van der Waals surface area contributed by atoms with Gasteiger partial charge >= 0.3 is 0 Å². The summed E-state index contributed by atoms with van der Waals surface area (Å²) < 4.78 is 5.08. The van der Waals surface area contributed by atoms with Crippen LogP contribution in [0.2, 0.25) is 0 Å². The predicted molar refractivity (Wildman–Crippen MR) is 108 cm³/mol. The lowest BCUT2D eigenvalue weighted by atomic mass is 10.00. The van der Waals surface area contributed by atoms with Gasteiger partial charge in [0, 0.05) is 42.0 Å². The second kappa shape index (κ2) is 7.80. The maximum atomic E-state index is 12.5. The summed E-state index contributed by atoms with van der Waals surface area (Å²) in [5.41, 5.74) is 8.47. The van der Waals surface area contributed by atoms with Gasteiger partial charge < -0.3 is 14.4 Å². The molecule has 0 atom stereocenters. The van der Waals surface area contributed by atoms with E-state index in [4.69, 9.17) is 4.52 Å². The van der Waals surface area contributed by atoms with E-state index in [2.05, 4.69) is 35.5 Å². The molecule has 1 amide bonds. The van der Waals surface area contributed by atoms with Gasteiger partial charge in [-0.1, -0.05) is 5.16 Å². The van der Waals surface area contributed by atoms with Gasteiger partial charge in [0.15, 0.2) is 0 Å².